The van der Waals surface area contributed by atoms with Crippen LogP contribution in [0.15, 0.2) is 64.2 Å². The number of halogens is 1. The van der Waals surface area contributed by atoms with Gasteiger partial charge >= 0.3 is 0 Å². The number of imidazole rings is 1. The van der Waals surface area contributed by atoms with Crippen LogP contribution in [0.2, 0.25) is 0 Å². The Labute approximate surface area is 165 Å². The van der Waals surface area contributed by atoms with Gasteiger partial charge < -0.3 is 9.88 Å². The molecule has 140 valence electrons. The summed E-state index contributed by atoms with van der Waals surface area (Å²) < 4.78 is 25.5. The number of nitrogens with one attached hydrogen (secondary N) is 1. The topological polar surface area (TPSA) is 107 Å². The molecule has 1 amide bonds. The van der Waals surface area contributed by atoms with Crippen LogP contribution in [0.4, 0.5) is 5.69 Å². The van der Waals surface area contributed by atoms with Crippen molar-refractivity contribution in [2.75, 3.05) is 5.32 Å². The van der Waals surface area contributed by atoms with Gasteiger partial charge in [0.15, 0.2) is 0 Å². The summed E-state index contributed by atoms with van der Waals surface area (Å²) in [6.07, 6.45) is 3.65. The molecule has 0 spiro atoms. The van der Waals surface area contributed by atoms with Crippen LogP contribution >= 0.6 is 15.9 Å². The van der Waals surface area contributed by atoms with Gasteiger partial charge in [0, 0.05) is 29.1 Å². The summed E-state index contributed by atoms with van der Waals surface area (Å²) in [4.78, 5) is 16.6. The molecule has 0 bridgehead atoms. The monoisotopic (exact) mass is 448 g/mol. The quantitative estimate of drug-likeness (QED) is 0.625. The van der Waals surface area contributed by atoms with Gasteiger partial charge in [0.05, 0.1) is 10.5 Å². The van der Waals surface area contributed by atoms with Crippen molar-refractivity contribution in [3.63, 3.8) is 0 Å². The molecule has 7 nitrogen and oxygen atoms in total. The van der Waals surface area contributed by atoms with E-state index in [0.29, 0.717) is 16.7 Å². The molecule has 0 aliphatic heterocycles. The molecule has 0 aliphatic rings. The fourth-order valence-electron chi connectivity index (χ4n) is 2.51. The van der Waals surface area contributed by atoms with Crippen LogP contribution < -0.4 is 10.5 Å². The fourth-order valence-corrected chi connectivity index (χ4v) is 3.48. The molecular weight excluding hydrogens is 432 g/mol. The third-order valence-electron chi connectivity index (χ3n) is 4.00. The Morgan fingerprint density at radius 2 is 1.93 bits per heavy atom. The summed E-state index contributed by atoms with van der Waals surface area (Å²) in [6.45, 7) is 2.62. The standard InChI is InChI=1S/C18H17BrN4O3S/c1-12-21-8-9-23(12)11-13-2-4-14(5-3-13)22-18(24)16-10-15(27(20,25)26)6-7-17(16)19/h2-10H,11H2,1H3,(H,22,24)(H2,20,25,26). The van der Waals surface area contributed by atoms with E-state index in [1.165, 1.54) is 18.2 Å². The van der Waals surface area contributed by atoms with Gasteiger partial charge in [-0.25, -0.2) is 18.5 Å². The van der Waals surface area contributed by atoms with Gasteiger partial charge in [-0.2, -0.15) is 0 Å². The lowest BCUT2D eigenvalue weighted by Crippen LogP contribution is -2.16. The number of aryl methyl sites for hydroxylation is 1. The Bertz CT molecular complexity index is 1090. The van der Waals surface area contributed by atoms with Gasteiger partial charge in [0.25, 0.3) is 5.91 Å². The number of aromatic nitrogens is 2. The van der Waals surface area contributed by atoms with Crippen LogP contribution in [-0.4, -0.2) is 23.9 Å². The predicted octanol–water partition coefficient (Wildman–Crippen LogP) is 2.90. The number of anilines is 1. The fraction of sp³-hybridized carbons (Fsp3) is 0.111. The lowest BCUT2D eigenvalue weighted by Gasteiger charge is -2.10. The van der Waals surface area contributed by atoms with Gasteiger partial charge in [0.2, 0.25) is 10.0 Å². The second-order valence-electron chi connectivity index (χ2n) is 5.94. The van der Waals surface area contributed by atoms with Gasteiger partial charge in [-0.05, 0) is 58.7 Å². The normalized spacial score (nSPS) is 11.4. The average Bonchev–Trinajstić information content (AvgIpc) is 3.00. The largest absolute Gasteiger partial charge is 0.331 e. The first kappa shape index (κ1) is 19.3. The van der Waals surface area contributed by atoms with Crippen LogP contribution in [0.25, 0.3) is 0 Å². The molecule has 0 radical (unpaired) electrons. The zero-order chi connectivity index (χ0) is 19.6. The first-order chi connectivity index (χ1) is 12.7. The van der Waals surface area contributed by atoms with Crippen LogP contribution in [0.5, 0.6) is 0 Å². The third-order valence-corrected chi connectivity index (χ3v) is 5.60. The van der Waals surface area contributed by atoms with Gasteiger partial charge in [0.1, 0.15) is 5.82 Å². The highest BCUT2D eigenvalue weighted by molar-refractivity contribution is 9.10. The molecule has 27 heavy (non-hydrogen) atoms. The smallest absolute Gasteiger partial charge is 0.256 e. The summed E-state index contributed by atoms with van der Waals surface area (Å²) in [5.41, 5.74) is 1.84. The van der Waals surface area contributed by atoms with Crippen molar-refractivity contribution in [2.24, 2.45) is 5.14 Å². The van der Waals surface area contributed by atoms with Crippen LogP contribution in [-0.2, 0) is 16.6 Å². The molecule has 0 saturated carbocycles. The summed E-state index contributed by atoms with van der Waals surface area (Å²) in [7, 11) is -3.89. The van der Waals surface area contributed by atoms with E-state index < -0.39 is 15.9 Å². The lowest BCUT2D eigenvalue weighted by molar-refractivity contribution is 0.102. The van der Waals surface area contributed by atoms with Crippen LogP contribution in [0, 0.1) is 6.92 Å². The maximum absolute atomic E-state index is 12.5. The molecule has 3 N–H and O–H groups in total. The number of benzene rings is 2. The van der Waals surface area contributed by atoms with Crippen LogP contribution in [0.3, 0.4) is 0 Å². The van der Waals surface area contributed by atoms with E-state index in [9.17, 15) is 13.2 Å². The number of rotatable bonds is 5. The molecule has 1 heterocycles. The SMILES string of the molecule is Cc1nccn1Cc1ccc(NC(=O)c2cc(S(N)(=O)=O)ccc2Br)cc1. The minimum atomic E-state index is -3.89. The summed E-state index contributed by atoms with van der Waals surface area (Å²) >= 11 is 3.26. The van der Waals surface area contributed by atoms with Crippen molar-refractivity contribution < 1.29 is 13.2 Å². The number of hydrogen-bond acceptors (Lipinski definition) is 4. The second kappa shape index (κ2) is 7.63. The minimum absolute atomic E-state index is 0.123. The number of amides is 1. The number of carbonyl (C=O) groups excluding carboxylic acids is 1. The third kappa shape index (κ3) is 4.62. The Balaban J connectivity index is 1.76. The van der Waals surface area contributed by atoms with Crippen molar-refractivity contribution in [2.45, 2.75) is 18.4 Å². The van der Waals surface area contributed by atoms with E-state index >= 15 is 0 Å². The van der Waals surface area contributed by atoms with Crippen molar-refractivity contribution in [3.8, 4) is 0 Å². The zero-order valence-electron chi connectivity index (χ0n) is 14.4. The molecule has 3 aromatic rings. The molecule has 3 rings (SSSR count). The summed E-state index contributed by atoms with van der Waals surface area (Å²) in [5.74, 6) is 0.484. The maximum atomic E-state index is 12.5. The molecular formula is C18H17BrN4O3S. The van der Waals surface area contributed by atoms with E-state index in [1.54, 1.807) is 18.3 Å². The van der Waals surface area contributed by atoms with Crippen LogP contribution in [0.1, 0.15) is 21.7 Å². The molecule has 2 aromatic carbocycles. The number of primary sulfonamides is 1. The Morgan fingerprint density at radius 3 is 2.52 bits per heavy atom. The van der Waals surface area contributed by atoms with Gasteiger partial charge in [-0.15, -0.1) is 0 Å². The predicted molar refractivity (Wildman–Crippen MR) is 106 cm³/mol. The molecule has 0 saturated heterocycles. The second-order valence-corrected chi connectivity index (χ2v) is 8.36. The molecule has 1 aromatic heterocycles. The number of carbonyl (C=O) groups is 1. The zero-order valence-corrected chi connectivity index (χ0v) is 16.8. The molecule has 0 aliphatic carbocycles. The van der Waals surface area contributed by atoms with Crippen molar-refractivity contribution >= 4 is 37.5 Å². The highest BCUT2D eigenvalue weighted by atomic mass is 79.9. The number of nitrogens with two attached hydrogens (primary N) is 1. The highest BCUT2D eigenvalue weighted by Gasteiger charge is 2.16. The molecule has 0 unspecified atom stereocenters. The number of hydrogen-bond donors (Lipinski definition) is 2. The Morgan fingerprint density at radius 1 is 1.22 bits per heavy atom. The van der Waals surface area contributed by atoms with Gasteiger partial charge in [-0.3, -0.25) is 4.79 Å². The lowest BCUT2D eigenvalue weighted by atomic mass is 10.1. The molecule has 9 heteroatoms. The minimum Gasteiger partial charge on any atom is -0.331 e. The molecule has 0 fully saturated rings. The first-order valence-corrected chi connectivity index (χ1v) is 10.3. The maximum Gasteiger partial charge on any atom is 0.256 e. The Kier molecular flexibility index (Phi) is 5.45. The van der Waals surface area contributed by atoms with Crippen molar-refractivity contribution in [1.82, 2.24) is 9.55 Å². The summed E-state index contributed by atoms with van der Waals surface area (Å²) in [5, 5.41) is 7.88. The van der Waals surface area contributed by atoms with Gasteiger partial charge in [-0.1, -0.05) is 12.1 Å². The van der Waals surface area contributed by atoms with Crippen molar-refractivity contribution in [3.05, 3.63) is 76.3 Å². The van der Waals surface area contributed by atoms with E-state index in [0.717, 1.165) is 11.4 Å². The van der Waals surface area contributed by atoms with E-state index in [4.69, 9.17) is 5.14 Å². The molecule has 0 atom stereocenters. The van der Waals surface area contributed by atoms with E-state index in [1.807, 2.05) is 29.8 Å². The van der Waals surface area contributed by atoms with E-state index in [2.05, 4.69) is 26.2 Å². The van der Waals surface area contributed by atoms with E-state index in [-0.39, 0.29) is 10.5 Å². The average molecular weight is 449 g/mol. The number of sulfonamides is 1. The summed E-state index contributed by atoms with van der Waals surface area (Å²) in [6, 6.07) is 11.4. The first-order valence-electron chi connectivity index (χ1n) is 7.94. The Hall–Kier alpha value is -2.49. The number of nitrogens with zero attached hydrogens (tertiary/aromatic N) is 2. The van der Waals surface area contributed by atoms with Crippen molar-refractivity contribution in [1.29, 1.82) is 0 Å². The highest BCUT2D eigenvalue weighted by Crippen LogP contribution is 2.22.